The van der Waals surface area contributed by atoms with E-state index in [-0.39, 0.29) is 0 Å². The topological polar surface area (TPSA) is 88.3 Å². The van der Waals surface area contributed by atoms with E-state index in [0.717, 1.165) is 24.8 Å². The Morgan fingerprint density at radius 1 is 1.17 bits per heavy atom. The molecule has 2 heterocycles. The van der Waals surface area contributed by atoms with Crippen LogP contribution in [0, 0.1) is 11.3 Å². The van der Waals surface area contributed by atoms with Crippen LogP contribution in [0.25, 0.3) is 11.0 Å². The van der Waals surface area contributed by atoms with Crippen LogP contribution in [0.4, 0.5) is 5.82 Å². The van der Waals surface area contributed by atoms with Gasteiger partial charge >= 0.3 is 5.97 Å². The van der Waals surface area contributed by atoms with Crippen LogP contribution in [-0.4, -0.2) is 48.8 Å². The lowest BCUT2D eigenvalue weighted by Crippen LogP contribution is -2.38. The third-order valence-electron chi connectivity index (χ3n) is 5.02. The first-order chi connectivity index (χ1) is 14.2. The van der Waals surface area contributed by atoms with Crippen molar-refractivity contribution in [2.75, 3.05) is 37.8 Å². The molecule has 0 saturated carbocycles. The molecule has 1 aromatic carbocycles. The van der Waals surface area contributed by atoms with Crippen molar-refractivity contribution >= 4 is 22.8 Å². The van der Waals surface area contributed by atoms with Gasteiger partial charge in [0.15, 0.2) is 11.7 Å². The molecule has 1 aliphatic rings. The van der Waals surface area contributed by atoms with Gasteiger partial charge in [-0.2, -0.15) is 5.26 Å². The second kappa shape index (κ2) is 10.7. The molecule has 29 heavy (non-hydrogen) atoms. The number of esters is 1. The van der Waals surface area contributed by atoms with E-state index in [1.807, 2.05) is 29.2 Å². The molecule has 0 radical (unpaired) electrons. The number of para-hydroxylation sites is 2. The predicted molar refractivity (Wildman–Crippen MR) is 111 cm³/mol. The molecule has 1 aliphatic heterocycles. The van der Waals surface area contributed by atoms with Crippen LogP contribution in [0.2, 0.25) is 0 Å². The summed E-state index contributed by atoms with van der Waals surface area (Å²) in [6.07, 6.45) is 5.31. The minimum Gasteiger partial charge on any atom is -0.464 e. The summed E-state index contributed by atoms with van der Waals surface area (Å²) in [6.45, 7) is 4.93. The van der Waals surface area contributed by atoms with E-state index in [1.54, 1.807) is 0 Å². The van der Waals surface area contributed by atoms with Crippen molar-refractivity contribution in [2.24, 2.45) is 0 Å². The van der Waals surface area contributed by atoms with Crippen molar-refractivity contribution in [3.63, 3.8) is 0 Å². The van der Waals surface area contributed by atoms with Gasteiger partial charge < -0.3 is 14.4 Å². The lowest BCUT2D eigenvalue weighted by Gasteiger charge is -2.29. The van der Waals surface area contributed by atoms with Crippen LogP contribution in [0.3, 0.4) is 0 Å². The number of benzene rings is 1. The fraction of sp³-hybridized carbons (Fsp3) is 0.545. The van der Waals surface area contributed by atoms with Gasteiger partial charge in [-0.1, -0.05) is 44.7 Å². The van der Waals surface area contributed by atoms with Crippen molar-refractivity contribution in [3.8, 4) is 6.07 Å². The minimum absolute atomic E-state index is 0.328. The number of unbranched alkanes of at least 4 members (excludes halogenated alkanes) is 4. The van der Waals surface area contributed by atoms with E-state index >= 15 is 0 Å². The monoisotopic (exact) mass is 396 g/mol. The Labute approximate surface area is 171 Å². The molecule has 0 bridgehead atoms. The van der Waals surface area contributed by atoms with Crippen LogP contribution >= 0.6 is 0 Å². The van der Waals surface area contributed by atoms with Crippen molar-refractivity contribution in [1.29, 1.82) is 5.26 Å². The molecule has 0 N–H and O–H groups in total. The molecular formula is C22H28N4O3. The van der Waals surface area contributed by atoms with Gasteiger partial charge in [-0.15, -0.1) is 0 Å². The average Bonchev–Trinajstić information content (AvgIpc) is 2.77. The van der Waals surface area contributed by atoms with Gasteiger partial charge in [0.05, 0.1) is 36.9 Å². The molecule has 7 heteroatoms. The number of aromatic nitrogens is 2. The molecular weight excluding hydrogens is 368 g/mol. The molecule has 154 valence electrons. The van der Waals surface area contributed by atoms with Gasteiger partial charge in [0.2, 0.25) is 0 Å². The van der Waals surface area contributed by atoms with E-state index in [2.05, 4.69) is 18.0 Å². The Balaban J connectivity index is 1.80. The summed E-state index contributed by atoms with van der Waals surface area (Å²) in [4.78, 5) is 24.1. The van der Waals surface area contributed by atoms with Crippen LogP contribution < -0.4 is 4.90 Å². The Hall–Kier alpha value is -2.72. The summed E-state index contributed by atoms with van der Waals surface area (Å²) in [7, 11) is 0. The van der Waals surface area contributed by atoms with Gasteiger partial charge in [-0.3, -0.25) is 4.79 Å². The molecule has 0 spiro atoms. The van der Waals surface area contributed by atoms with E-state index in [9.17, 15) is 10.1 Å². The second-order valence-electron chi connectivity index (χ2n) is 7.16. The highest BCUT2D eigenvalue weighted by Crippen LogP contribution is 2.28. The van der Waals surface area contributed by atoms with Crippen molar-refractivity contribution in [3.05, 3.63) is 30.0 Å². The first-order valence-electron chi connectivity index (χ1n) is 10.4. The number of morpholine rings is 1. The average molecular weight is 396 g/mol. The molecule has 1 fully saturated rings. The number of fused-ring (bicyclic) bond motifs is 1. The maximum absolute atomic E-state index is 12.7. The SMILES string of the molecule is CCCCCCCOC(=O)C(C#N)c1nc2ccccc2nc1N1CCOCC1. The highest BCUT2D eigenvalue weighted by molar-refractivity contribution is 5.85. The zero-order valence-electron chi connectivity index (χ0n) is 17.0. The van der Waals surface area contributed by atoms with Crippen molar-refractivity contribution in [2.45, 2.75) is 44.9 Å². The molecule has 3 rings (SSSR count). The highest BCUT2D eigenvalue weighted by Gasteiger charge is 2.30. The van der Waals surface area contributed by atoms with Gasteiger partial charge in [-0.25, -0.2) is 9.97 Å². The summed E-state index contributed by atoms with van der Waals surface area (Å²) >= 11 is 0. The molecule has 1 saturated heterocycles. The molecule has 1 aromatic heterocycles. The maximum Gasteiger partial charge on any atom is 0.329 e. The number of anilines is 1. The van der Waals surface area contributed by atoms with Crippen LogP contribution in [-0.2, 0) is 14.3 Å². The lowest BCUT2D eigenvalue weighted by molar-refractivity contribution is -0.144. The largest absolute Gasteiger partial charge is 0.464 e. The first kappa shape index (κ1) is 21.0. The number of nitriles is 1. The summed E-state index contributed by atoms with van der Waals surface area (Å²) in [5, 5.41) is 9.76. The van der Waals surface area contributed by atoms with E-state index in [4.69, 9.17) is 14.5 Å². The van der Waals surface area contributed by atoms with Gasteiger partial charge in [0, 0.05) is 13.1 Å². The maximum atomic E-state index is 12.7. The van der Waals surface area contributed by atoms with Crippen LogP contribution in [0.15, 0.2) is 24.3 Å². The third kappa shape index (κ3) is 5.42. The minimum atomic E-state index is -1.10. The normalized spacial score (nSPS) is 15.1. The zero-order chi connectivity index (χ0) is 20.5. The van der Waals surface area contributed by atoms with Crippen LogP contribution in [0.5, 0.6) is 0 Å². The standard InChI is InChI=1S/C22H28N4O3/c1-2-3-4-5-8-13-29-22(27)17(16-23)20-21(26-11-14-28-15-12-26)25-19-10-7-6-9-18(19)24-20/h6-7,9-10,17H,2-5,8,11-15H2,1H3. The highest BCUT2D eigenvalue weighted by atomic mass is 16.5. The number of nitrogens with zero attached hydrogens (tertiary/aromatic N) is 4. The Kier molecular flexibility index (Phi) is 7.77. The van der Waals surface area contributed by atoms with Crippen LogP contribution in [0.1, 0.15) is 50.6 Å². The first-order valence-corrected chi connectivity index (χ1v) is 10.4. The van der Waals surface area contributed by atoms with Crippen molar-refractivity contribution in [1.82, 2.24) is 9.97 Å². The number of carbonyl (C=O) groups is 1. The second-order valence-corrected chi connectivity index (χ2v) is 7.16. The van der Waals surface area contributed by atoms with Gasteiger partial charge in [0.1, 0.15) is 5.69 Å². The van der Waals surface area contributed by atoms with E-state index in [0.29, 0.717) is 49.9 Å². The molecule has 0 amide bonds. The number of hydrogen-bond acceptors (Lipinski definition) is 7. The summed E-state index contributed by atoms with van der Waals surface area (Å²) in [5.74, 6) is -1.08. The quantitative estimate of drug-likeness (QED) is 0.473. The molecule has 1 unspecified atom stereocenters. The Bertz CT molecular complexity index is 859. The number of carbonyl (C=O) groups excluding carboxylic acids is 1. The van der Waals surface area contributed by atoms with E-state index in [1.165, 1.54) is 12.8 Å². The number of hydrogen-bond donors (Lipinski definition) is 0. The Morgan fingerprint density at radius 2 is 1.86 bits per heavy atom. The molecule has 0 aliphatic carbocycles. The van der Waals surface area contributed by atoms with E-state index < -0.39 is 11.9 Å². The van der Waals surface area contributed by atoms with Crippen molar-refractivity contribution < 1.29 is 14.3 Å². The fourth-order valence-electron chi connectivity index (χ4n) is 3.39. The zero-order valence-corrected chi connectivity index (χ0v) is 17.0. The Morgan fingerprint density at radius 3 is 2.55 bits per heavy atom. The smallest absolute Gasteiger partial charge is 0.329 e. The summed E-state index contributed by atoms with van der Waals surface area (Å²) in [5.41, 5.74) is 1.76. The third-order valence-corrected chi connectivity index (χ3v) is 5.02. The number of ether oxygens (including phenoxy) is 2. The predicted octanol–water partition coefficient (Wildman–Crippen LogP) is 3.59. The molecule has 2 aromatic rings. The number of rotatable bonds is 9. The fourth-order valence-corrected chi connectivity index (χ4v) is 3.39. The summed E-state index contributed by atoms with van der Waals surface area (Å²) < 4.78 is 10.8. The lowest BCUT2D eigenvalue weighted by atomic mass is 10.1. The molecule has 1 atom stereocenters. The van der Waals surface area contributed by atoms with Gasteiger partial charge in [0.25, 0.3) is 0 Å². The summed E-state index contributed by atoms with van der Waals surface area (Å²) in [6, 6.07) is 9.57. The van der Waals surface area contributed by atoms with Gasteiger partial charge in [-0.05, 0) is 18.6 Å². The molecule has 7 nitrogen and oxygen atoms in total.